The van der Waals surface area contributed by atoms with Crippen molar-refractivity contribution in [3.05, 3.63) is 80.5 Å². The summed E-state index contributed by atoms with van der Waals surface area (Å²) in [7, 11) is 2.97. The minimum Gasteiger partial charge on any atom is -0.496 e. The van der Waals surface area contributed by atoms with Crippen LogP contribution in [-0.2, 0) is 17.8 Å². The third-order valence-electron chi connectivity index (χ3n) is 5.07. The zero-order chi connectivity index (χ0) is 24.0. The van der Waals surface area contributed by atoms with Crippen molar-refractivity contribution in [2.75, 3.05) is 37.7 Å². The first-order valence-electron chi connectivity index (χ1n) is 10.1. The number of aromatic amines is 1. The Bertz CT molecular complexity index is 1240. The third kappa shape index (κ3) is 5.29. The predicted octanol–water partition coefficient (Wildman–Crippen LogP) is 2.34. The topological polar surface area (TPSA) is 120 Å². The second kappa shape index (κ2) is 10.9. The molecule has 174 valence electrons. The van der Waals surface area contributed by atoms with E-state index in [1.165, 1.54) is 35.4 Å². The van der Waals surface area contributed by atoms with Crippen molar-refractivity contribution < 1.29 is 14.3 Å². The number of H-pyrrole nitrogens is 1. The van der Waals surface area contributed by atoms with Crippen LogP contribution in [0.4, 0.5) is 11.5 Å². The van der Waals surface area contributed by atoms with Crippen LogP contribution in [0.15, 0.2) is 63.0 Å². The molecule has 0 saturated heterocycles. The number of amides is 1. The highest BCUT2D eigenvalue weighted by molar-refractivity contribution is 7.98. The normalized spacial score (nSPS) is 10.8. The number of hydrogen-bond donors (Lipinski definition) is 2. The molecule has 3 aromatic rings. The molecule has 0 radical (unpaired) electrons. The average molecular weight is 471 g/mol. The number of thioether (sulfide) groups is 1. The summed E-state index contributed by atoms with van der Waals surface area (Å²) in [5.74, 6) is -0.241. The largest absolute Gasteiger partial charge is 0.496 e. The van der Waals surface area contributed by atoms with Crippen LogP contribution >= 0.6 is 11.8 Å². The van der Waals surface area contributed by atoms with E-state index in [-0.39, 0.29) is 36.8 Å². The van der Waals surface area contributed by atoms with Gasteiger partial charge < -0.3 is 15.2 Å². The summed E-state index contributed by atoms with van der Waals surface area (Å²) < 4.78 is 11.7. The van der Waals surface area contributed by atoms with Crippen molar-refractivity contribution in [2.45, 2.75) is 18.0 Å². The summed E-state index contributed by atoms with van der Waals surface area (Å²) in [6, 6.07) is 14.4. The number of nitrogens with two attached hydrogens (primary N) is 1. The van der Waals surface area contributed by atoms with Crippen LogP contribution in [0.5, 0.6) is 5.75 Å². The second-order valence-corrected chi connectivity index (χ2v) is 7.96. The molecule has 10 heteroatoms. The molecule has 2 aromatic carbocycles. The van der Waals surface area contributed by atoms with E-state index in [0.29, 0.717) is 5.75 Å². The summed E-state index contributed by atoms with van der Waals surface area (Å²) in [6.45, 7) is 0.374. The average Bonchev–Trinajstić information content (AvgIpc) is 2.82. The quantitative estimate of drug-likeness (QED) is 0.461. The van der Waals surface area contributed by atoms with E-state index in [4.69, 9.17) is 15.2 Å². The number of nitrogens with zero attached hydrogens (tertiary/aromatic N) is 2. The highest BCUT2D eigenvalue weighted by atomic mass is 32.2. The van der Waals surface area contributed by atoms with E-state index in [9.17, 15) is 14.4 Å². The van der Waals surface area contributed by atoms with Gasteiger partial charge in [-0.25, -0.2) is 4.79 Å². The molecule has 0 spiro atoms. The Balaban J connectivity index is 2.19. The molecule has 1 aromatic heterocycles. The number of carbonyl (C=O) groups is 1. The molecule has 0 saturated carbocycles. The fourth-order valence-corrected chi connectivity index (χ4v) is 3.81. The maximum atomic E-state index is 13.8. The lowest BCUT2D eigenvalue weighted by atomic mass is 10.1. The summed E-state index contributed by atoms with van der Waals surface area (Å²) in [5.41, 5.74) is 5.77. The molecule has 0 fully saturated rings. The van der Waals surface area contributed by atoms with Crippen molar-refractivity contribution in [2.24, 2.45) is 0 Å². The third-order valence-corrected chi connectivity index (χ3v) is 5.80. The van der Waals surface area contributed by atoms with Crippen LogP contribution in [0, 0.1) is 0 Å². The lowest BCUT2D eigenvalue weighted by Gasteiger charge is -2.25. The van der Waals surface area contributed by atoms with Crippen molar-refractivity contribution in [1.82, 2.24) is 9.55 Å². The number of carbonyl (C=O) groups excluding carboxylic acids is 1. The lowest BCUT2D eigenvalue weighted by Crippen LogP contribution is -2.41. The maximum absolute atomic E-state index is 13.8. The van der Waals surface area contributed by atoms with Gasteiger partial charge in [0.15, 0.2) is 5.69 Å². The Hall–Kier alpha value is -3.50. The lowest BCUT2D eigenvalue weighted by molar-refractivity contribution is 0.0981. The van der Waals surface area contributed by atoms with E-state index in [0.717, 1.165) is 10.5 Å². The number of aromatic nitrogens is 2. The minimum absolute atomic E-state index is 0.0584. The molecule has 1 heterocycles. The molecule has 0 bridgehead atoms. The van der Waals surface area contributed by atoms with Crippen LogP contribution in [0.1, 0.15) is 15.9 Å². The highest BCUT2D eigenvalue weighted by Gasteiger charge is 2.27. The fourth-order valence-electron chi connectivity index (χ4n) is 3.38. The van der Waals surface area contributed by atoms with Gasteiger partial charge in [-0.15, -0.1) is 11.8 Å². The zero-order valence-corrected chi connectivity index (χ0v) is 19.5. The molecular weight excluding hydrogens is 444 g/mol. The molecule has 0 aliphatic carbocycles. The number of anilines is 2. The van der Waals surface area contributed by atoms with Gasteiger partial charge in [0.2, 0.25) is 0 Å². The van der Waals surface area contributed by atoms with Gasteiger partial charge in [0.25, 0.3) is 11.5 Å². The molecule has 3 rings (SSSR count). The van der Waals surface area contributed by atoms with Gasteiger partial charge in [-0.3, -0.25) is 24.0 Å². The number of benzene rings is 2. The number of hydrogen-bond acceptors (Lipinski definition) is 7. The summed E-state index contributed by atoms with van der Waals surface area (Å²) in [5, 5.41) is 0. The monoisotopic (exact) mass is 470 g/mol. The number of nitrogen functional groups attached to an aromatic ring is 1. The van der Waals surface area contributed by atoms with Crippen LogP contribution < -0.4 is 26.6 Å². The van der Waals surface area contributed by atoms with Crippen LogP contribution in [0.3, 0.4) is 0 Å². The first kappa shape index (κ1) is 24.1. The Morgan fingerprint density at radius 3 is 2.52 bits per heavy atom. The fraction of sp³-hybridized carbons (Fsp3) is 0.261. The molecule has 0 aliphatic rings. The second-order valence-electron chi connectivity index (χ2n) is 7.08. The molecule has 3 N–H and O–H groups in total. The SMILES string of the molecule is COCCn1c(N)c(N(Cc2ccccc2)C(=O)c2ccc(SC)cc2OC)c(=O)[nH]c1=O. The van der Waals surface area contributed by atoms with Crippen molar-refractivity contribution >= 4 is 29.2 Å². The van der Waals surface area contributed by atoms with E-state index >= 15 is 0 Å². The number of methoxy groups -OCH3 is 2. The Labute approximate surface area is 195 Å². The van der Waals surface area contributed by atoms with Crippen molar-refractivity contribution in [3.8, 4) is 5.75 Å². The van der Waals surface area contributed by atoms with Gasteiger partial charge in [-0.05, 0) is 30.0 Å². The Kier molecular flexibility index (Phi) is 7.96. The highest BCUT2D eigenvalue weighted by Crippen LogP contribution is 2.29. The summed E-state index contributed by atoms with van der Waals surface area (Å²) in [6.07, 6.45) is 1.92. The number of ether oxygens (including phenoxy) is 2. The van der Waals surface area contributed by atoms with Crippen molar-refractivity contribution in [3.63, 3.8) is 0 Å². The van der Waals surface area contributed by atoms with E-state index in [1.807, 2.05) is 36.6 Å². The smallest absolute Gasteiger partial charge is 0.330 e. The number of rotatable bonds is 9. The van der Waals surface area contributed by atoms with Crippen molar-refractivity contribution in [1.29, 1.82) is 0 Å². The molecule has 9 nitrogen and oxygen atoms in total. The molecule has 0 aliphatic heterocycles. The first-order valence-corrected chi connectivity index (χ1v) is 11.3. The summed E-state index contributed by atoms with van der Waals surface area (Å²) >= 11 is 1.51. The van der Waals surface area contributed by atoms with Crippen LogP contribution in [0.25, 0.3) is 0 Å². The molecule has 0 atom stereocenters. The van der Waals surface area contributed by atoms with Gasteiger partial charge in [-0.1, -0.05) is 30.3 Å². The first-order chi connectivity index (χ1) is 15.9. The van der Waals surface area contributed by atoms with Crippen LogP contribution in [0.2, 0.25) is 0 Å². The minimum atomic E-state index is -0.754. The summed E-state index contributed by atoms with van der Waals surface area (Å²) in [4.78, 5) is 43.5. The zero-order valence-electron chi connectivity index (χ0n) is 18.7. The Morgan fingerprint density at radius 2 is 1.88 bits per heavy atom. The van der Waals surface area contributed by atoms with E-state index in [1.54, 1.807) is 18.2 Å². The Morgan fingerprint density at radius 1 is 1.15 bits per heavy atom. The van der Waals surface area contributed by atoms with Gasteiger partial charge >= 0.3 is 5.69 Å². The standard InChI is InChI=1S/C23H26N4O5S/c1-31-12-11-26-20(24)19(21(28)25-23(26)30)27(14-15-7-5-4-6-8-15)22(29)17-10-9-16(33-3)13-18(17)32-2/h4-10,13H,11-12,14,24H2,1-3H3,(H,25,28,30). The van der Waals surface area contributed by atoms with Gasteiger partial charge in [0, 0.05) is 12.0 Å². The molecule has 0 unspecified atom stereocenters. The molecule has 33 heavy (non-hydrogen) atoms. The predicted molar refractivity (Wildman–Crippen MR) is 129 cm³/mol. The van der Waals surface area contributed by atoms with E-state index < -0.39 is 17.2 Å². The maximum Gasteiger partial charge on any atom is 0.330 e. The molecule has 1 amide bonds. The number of nitrogens with one attached hydrogen (secondary N) is 1. The van der Waals surface area contributed by atoms with Gasteiger partial charge in [0.05, 0.1) is 32.4 Å². The van der Waals surface area contributed by atoms with Gasteiger partial charge in [0.1, 0.15) is 11.6 Å². The van der Waals surface area contributed by atoms with E-state index in [2.05, 4.69) is 4.98 Å². The molecular formula is C23H26N4O5S. The van der Waals surface area contributed by atoms with Crippen LogP contribution in [-0.4, -0.2) is 42.5 Å². The van der Waals surface area contributed by atoms with Gasteiger partial charge in [-0.2, -0.15) is 0 Å².